The van der Waals surface area contributed by atoms with Crippen molar-refractivity contribution in [1.29, 1.82) is 0 Å². The molecule has 0 aliphatic carbocycles. The highest BCUT2D eigenvalue weighted by atomic mass is 16.5. The van der Waals surface area contributed by atoms with E-state index in [1.807, 2.05) is 43.3 Å². The number of rotatable bonds is 5. The third-order valence-corrected chi connectivity index (χ3v) is 3.07. The SMILES string of the molecule is C=C(C)CC(=O)Cc1cccc2ccc(OC)cc12. The van der Waals surface area contributed by atoms with E-state index in [0.29, 0.717) is 12.8 Å². The van der Waals surface area contributed by atoms with Gasteiger partial charge in [0.15, 0.2) is 0 Å². The number of Topliss-reactive ketones (excluding diaryl/α,β-unsaturated/α-hetero) is 1. The number of hydrogen-bond donors (Lipinski definition) is 0. The van der Waals surface area contributed by atoms with Crippen LogP contribution in [0.5, 0.6) is 5.75 Å². The van der Waals surface area contributed by atoms with Crippen LogP contribution in [0.25, 0.3) is 10.8 Å². The highest BCUT2D eigenvalue weighted by molar-refractivity contribution is 5.92. The number of ether oxygens (including phenoxy) is 1. The Kier molecular flexibility index (Phi) is 4.00. The van der Waals surface area contributed by atoms with E-state index in [4.69, 9.17) is 4.74 Å². The Morgan fingerprint density at radius 2 is 2.05 bits per heavy atom. The molecule has 2 aromatic rings. The zero-order chi connectivity index (χ0) is 13.8. The Hall–Kier alpha value is -2.09. The molecule has 0 amide bonds. The quantitative estimate of drug-likeness (QED) is 0.756. The standard InChI is InChI=1S/C17H18O2/c1-12(2)9-15(18)10-14-6-4-5-13-7-8-16(19-3)11-17(13)14/h4-8,11H,1,9-10H2,2-3H3. The summed E-state index contributed by atoms with van der Waals surface area (Å²) in [5.74, 6) is 1.01. The molecule has 2 aromatic carbocycles. The van der Waals surface area contributed by atoms with E-state index in [1.54, 1.807) is 7.11 Å². The summed E-state index contributed by atoms with van der Waals surface area (Å²) in [6.45, 7) is 5.66. The molecule has 0 bridgehead atoms. The molecule has 0 saturated carbocycles. The summed E-state index contributed by atoms with van der Waals surface area (Å²) in [6.07, 6.45) is 0.887. The number of methoxy groups -OCH3 is 1. The normalized spacial score (nSPS) is 10.4. The number of carbonyl (C=O) groups is 1. The van der Waals surface area contributed by atoms with Gasteiger partial charge in [0.1, 0.15) is 11.5 Å². The topological polar surface area (TPSA) is 26.3 Å². The molecule has 0 aliphatic heterocycles. The van der Waals surface area contributed by atoms with Gasteiger partial charge in [0.2, 0.25) is 0 Å². The number of fused-ring (bicyclic) bond motifs is 1. The lowest BCUT2D eigenvalue weighted by atomic mass is 9.98. The maximum Gasteiger partial charge on any atom is 0.141 e. The molecular formula is C17H18O2. The Labute approximate surface area is 113 Å². The van der Waals surface area contributed by atoms with Crippen LogP contribution < -0.4 is 4.74 Å². The van der Waals surface area contributed by atoms with Gasteiger partial charge in [-0.2, -0.15) is 0 Å². The number of carbonyl (C=O) groups excluding carboxylic acids is 1. The Morgan fingerprint density at radius 1 is 1.26 bits per heavy atom. The minimum absolute atomic E-state index is 0.197. The molecule has 0 unspecified atom stereocenters. The predicted octanol–water partition coefficient (Wildman–Crippen LogP) is 3.93. The lowest BCUT2D eigenvalue weighted by Crippen LogP contribution is -2.03. The molecule has 0 N–H and O–H groups in total. The average molecular weight is 254 g/mol. The van der Waals surface area contributed by atoms with Gasteiger partial charge in [-0.25, -0.2) is 0 Å². The first-order valence-electron chi connectivity index (χ1n) is 6.32. The molecular weight excluding hydrogens is 236 g/mol. The van der Waals surface area contributed by atoms with Gasteiger partial charge in [0, 0.05) is 12.8 Å². The highest BCUT2D eigenvalue weighted by Crippen LogP contribution is 2.24. The lowest BCUT2D eigenvalue weighted by molar-refractivity contribution is -0.117. The summed E-state index contributed by atoms with van der Waals surface area (Å²) in [6, 6.07) is 12.0. The number of allylic oxidation sites excluding steroid dienone is 1. The van der Waals surface area contributed by atoms with Gasteiger partial charge in [-0.3, -0.25) is 4.79 Å². The van der Waals surface area contributed by atoms with Crippen molar-refractivity contribution in [3.05, 3.63) is 54.1 Å². The molecule has 0 atom stereocenters. The molecule has 0 aromatic heterocycles. The van der Waals surface area contributed by atoms with Crippen molar-refractivity contribution in [2.75, 3.05) is 7.11 Å². The predicted molar refractivity (Wildman–Crippen MR) is 78.6 cm³/mol. The maximum atomic E-state index is 11.9. The molecule has 2 nitrogen and oxygen atoms in total. The van der Waals surface area contributed by atoms with Crippen LogP contribution in [0.1, 0.15) is 18.9 Å². The van der Waals surface area contributed by atoms with Crippen molar-refractivity contribution in [2.24, 2.45) is 0 Å². The third-order valence-electron chi connectivity index (χ3n) is 3.07. The fourth-order valence-corrected chi connectivity index (χ4v) is 2.21. The smallest absolute Gasteiger partial charge is 0.141 e. The van der Waals surface area contributed by atoms with Gasteiger partial charge in [-0.1, -0.05) is 36.4 Å². The first kappa shape index (κ1) is 13.3. The van der Waals surface area contributed by atoms with E-state index in [9.17, 15) is 4.79 Å². The molecule has 19 heavy (non-hydrogen) atoms. The maximum absolute atomic E-state index is 11.9. The Balaban J connectivity index is 2.36. The van der Waals surface area contributed by atoms with Gasteiger partial charge in [-0.05, 0) is 35.4 Å². The molecule has 0 heterocycles. The average Bonchev–Trinajstić information content (AvgIpc) is 2.37. The van der Waals surface area contributed by atoms with E-state index < -0.39 is 0 Å². The van der Waals surface area contributed by atoms with Gasteiger partial charge in [0.25, 0.3) is 0 Å². The fraction of sp³-hybridized carbons (Fsp3) is 0.235. The molecule has 0 saturated heterocycles. The lowest BCUT2D eigenvalue weighted by Gasteiger charge is -2.08. The van der Waals surface area contributed by atoms with Crippen molar-refractivity contribution in [2.45, 2.75) is 19.8 Å². The Morgan fingerprint density at radius 3 is 2.74 bits per heavy atom. The second-order valence-corrected chi connectivity index (χ2v) is 4.85. The van der Waals surface area contributed by atoms with Crippen LogP contribution in [0.4, 0.5) is 0 Å². The minimum Gasteiger partial charge on any atom is -0.497 e. The first-order chi connectivity index (χ1) is 9.10. The number of ketones is 1. The molecule has 98 valence electrons. The highest BCUT2D eigenvalue weighted by Gasteiger charge is 2.08. The number of hydrogen-bond acceptors (Lipinski definition) is 2. The molecule has 0 fully saturated rings. The van der Waals surface area contributed by atoms with Crippen LogP contribution in [-0.4, -0.2) is 12.9 Å². The zero-order valence-electron chi connectivity index (χ0n) is 11.4. The van der Waals surface area contributed by atoms with Gasteiger partial charge in [0.05, 0.1) is 7.11 Å². The summed E-state index contributed by atoms with van der Waals surface area (Å²) < 4.78 is 5.25. The van der Waals surface area contributed by atoms with Gasteiger partial charge >= 0.3 is 0 Å². The molecule has 2 rings (SSSR count). The van der Waals surface area contributed by atoms with Crippen molar-refractivity contribution < 1.29 is 9.53 Å². The van der Waals surface area contributed by atoms with Crippen molar-refractivity contribution in [1.82, 2.24) is 0 Å². The van der Waals surface area contributed by atoms with Crippen LogP contribution in [0, 0.1) is 0 Å². The zero-order valence-corrected chi connectivity index (χ0v) is 11.4. The van der Waals surface area contributed by atoms with Crippen LogP contribution in [0.15, 0.2) is 48.6 Å². The molecule has 0 aliphatic rings. The summed E-state index contributed by atoms with van der Waals surface area (Å²) in [5.41, 5.74) is 1.95. The molecule has 0 radical (unpaired) electrons. The van der Waals surface area contributed by atoms with Crippen LogP contribution in [0.3, 0.4) is 0 Å². The summed E-state index contributed by atoms with van der Waals surface area (Å²) in [7, 11) is 1.65. The van der Waals surface area contributed by atoms with Crippen LogP contribution >= 0.6 is 0 Å². The van der Waals surface area contributed by atoms with E-state index in [0.717, 1.165) is 27.7 Å². The second kappa shape index (κ2) is 5.70. The van der Waals surface area contributed by atoms with Crippen molar-refractivity contribution in [3.63, 3.8) is 0 Å². The van der Waals surface area contributed by atoms with Gasteiger partial charge in [-0.15, -0.1) is 0 Å². The number of benzene rings is 2. The summed E-state index contributed by atoms with van der Waals surface area (Å²) in [4.78, 5) is 11.9. The largest absolute Gasteiger partial charge is 0.497 e. The van der Waals surface area contributed by atoms with Gasteiger partial charge < -0.3 is 4.74 Å². The monoisotopic (exact) mass is 254 g/mol. The third kappa shape index (κ3) is 3.22. The van der Waals surface area contributed by atoms with E-state index in [2.05, 4.69) is 6.58 Å². The minimum atomic E-state index is 0.197. The van der Waals surface area contributed by atoms with E-state index in [-0.39, 0.29) is 5.78 Å². The van der Waals surface area contributed by atoms with Crippen molar-refractivity contribution in [3.8, 4) is 5.75 Å². The second-order valence-electron chi connectivity index (χ2n) is 4.85. The fourth-order valence-electron chi connectivity index (χ4n) is 2.21. The van der Waals surface area contributed by atoms with Crippen molar-refractivity contribution >= 4 is 16.6 Å². The summed E-state index contributed by atoms with van der Waals surface area (Å²) in [5, 5.41) is 2.21. The van der Waals surface area contributed by atoms with E-state index in [1.165, 1.54) is 0 Å². The molecule has 2 heteroatoms. The van der Waals surface area contributed by atoms with Crippen LogP contribution in [-0.2, 0) is 11.2 Å². The van der Waals surface area contributed by atoms with E-state index >= 15 is 0 Å². The Bertz CT molecular complexity index is 626. The first-order valence-corrected chi connectivity index (χ1v) is 6.32. The summed E-state index contributed by atoms with van der Waals surface area (Å²) >= 11 is 0. The van der Waals surface area contributed by atoms with Crippen LogP contribution in [0.2, 0.25) is 0 Å². The molecule has 0 spiro atoms.